The number of benzene rings is 1. The number of imidazole rings is 1. The third-order valence-electron chi connectivity index (χ3n) is 4.69. The van der Waals surface area contributed by atoms with Crippen LogP contribution in [0.25, 0.3) is 22.6 Å². The van der Waals surface area contributed by atoms with Crippen LogP contribution in [0.15, 0.2) is 30.6 Å². The van der Waals surface area contributed by atoms with E-state index in [9.17, 15) is 0 Å². The highest BCUT2D eigenvalue weighted by Crippen LogP contribution is 2.29. The fraction of sp³-hybridized carbons (Fsp3) is 0.389. The molecule has 7 nitrogen and oxygen atoms in total. The zero-order valence-electron chi connectivity index (χ0n) is 14.5. The molecule has 4 rings (SSSR count). The second-order valence-corrected chi connectivity index (χ2v) is 6.35. The summed E-state index contributed by atoms with van der Waals surface area (Å²) in [4.78, 5) is 16.4. The molecule has 0 spiro atoms. The number of aromatic nitrogens is 4. The fourth-order valence-corrected chi connectivity index (χ4v) is 3.27. The van der Waals surface area contributed by atoms with Gasteiger partial charge >= 0.3 is 0 Å². The number of hydrogen-bond acceptors (Lipinski definition) is 6. The number of nitrogens with zero attached hydrogens (tertiary/aromatic N) is 5. The maximum atomic E-state index is 5.80. The Kier molecular flexibility index (Phi) is 4.01. The van der Waals surface area contributed by atoms with Crippen molar-refractivity contribution in [1.29, 1.82) is 0 Å². The van der Waals surface area contributed by atoms with E-state index in [1.54, 1.807) is 6.33 Å². The molecular weight excluding hydrogens is 316 g/mol. The molecule has 130 valence electrons. The molecule has 25 heavy (non-hydrogen) atoms. The zero-order valence-corrected chi connectivity index (χ0v) is 14.5. The quantitative estimate of drug-likeness (QED) is 0.738. The van der Waals surface area contributed by atoms with Gasteiger partial charge in [-0.15, -0.1) is 0 Å². The molecule has 0 aliphatic carbocycles. The summed E-state index contributed by atoms with van der Waals surface area (Å²) in [6.45, 7) is 4.42. The smallest absolute Gasteiger partial charge is 0.183 e. The summed E-state index contributed by atoms with van der Waals surface area (Å²) in [6.07, 6.45) is 2.79. The lowest BCUT2D eigenvalue weighted by Gasteiger charge is -2.36. The molecule has 7 heteroatoms. The van der Waals surface area contributed by atoms with Gasteiger partial charge in [0.1, 0.15) is 5.52 Å². The number of morpholine rings is 1. The average molecular weight is 338 g/mol. The highest BCUT2D eigenvalue weighted by atomic mass is 16.5. The Labute approximate surface area is 146 Å². The molecule has 0 unspecified atom stereocenters. The minimum absolute atomic E-state index is 0.306. The largest absolute Gasteiger partial charge is 0.399 e. The first-order chi connectivity index (χ1) is 12.2. The Morgan fingerprint density at radius 1 is 1.24 bits per heavy atom. The van der Waals surface area contributed by atoms with Crippen molar-refractivity contribution in [3.63, 3.8) is 0 Å². The van der Waals surface area contributed by atoms with Crippen LogP contribution in [0, 0.1) is 0 Å². The minimum atomic E-state index is 0.306. The van der Waals surface area contributed by atoms with Crippen LogP contribution in [0.1, 0.15) is 13.3 Å². The van der Waals surface area contributed by atoms with E-state index in [0.29, 0.717) is 24.1 Å². The predicted molar refractivity (Wildman–Crippen MR) is 98.4 cm³/mol. The van der Waals surface area contributed by atoms with Crippen molar-refractivity contribution in [2.24, 2.45) is 7.05 Å². The normalized spacial score (nSPS) is 18.0. The summed E-state index contributed by atoms with van der Waals surface area (Å²) in [5.41, 5.74) is 9.13. The molecule has 0 radical (unpaired) electrons. The standard InChI is InChI=1S/C18H22N6O/c1-3-14-10-25-9-8-24(14)18-15-17(20-11-23(15)2)21-16(22-18)12-4-6-13(19)7-5-12/h4-7,11,14H,3,8-10,19H2,1-2H3/t14-/m0/s1. The summed E-state index contributed by atoms with van der Waals surface area (Å²) in [7, 11) is 1.98. The zero-order chi connectivity index (χ0) is 17.4. The minimum Gasteiger partial charge on any atom is -0.399 e. The molecule has 1 aliphatic rings. The van der Waals surface area contributed by atoms with Gasteiger partial charge in [0, 0.05) is 24.8 Å². The second-order valence-electron chi connectivity index (χ2n) is 6.35. The van der Waals surface area contributed by atoms with E-state index >= 15 is 0 Å². The monoisotopic (exact) mass is 338 g/mol. The van der Waals surface area contributed by atoms with E-state index in [1.165, 1.54) is 0 Å². The van der Waals surface area contributed by atoms with Crippen LogP contribution in [0.4, 0.5) is 11.5 Å². The molecule has 1 aromatic carbocycles. The highest BCUT2D eigenvalue weighted by Gasteiger charge is 2.26. The molecule has 1 atom stereocenters. The number of hydrogen-bond donors (Lipinski definition) is 1. The topological polar surface area (TPSA) is 82.1 Å². The molecule has 0 saturated carbocycles. The molecule has 1 fully saturated rings. The van der Waals surface area contributed by atoms with Gasteiger partial charge in [0.15, 0.2) is 17.3 Å². The van der Waals surface area contributed by atoms with E-state index in [-0.39, 0.29) is 0 Å². The van der Waals surface area contributed by atoms with Crippen molar-refractivity contribution < 1.29 is 4.74 Å². The molecule has 1 saturated heterocycles. The van der Waals surface area contributed by atoms with Crippen LogP contribution in [-0.2, 0) is 11.8 Å². The van der Waals surface area contributed by atoms with Gasteiger partial charge in [-0.25, -0.2) is 15.0 Å². The number of rotatable bonds is 3. The van der Waals surface area contributed by atoms with Crippen LogP contribution in [0.3, 0.4) is 0 Å². The number of nitrogen functional groups attached to an aromatic ring is 1. The average Bonchev–Trinajstić information content (AvgIpc) is 3.02. The Hall–Kier alpha value is -2.67. The van der Waals surface area contributed by atoms with Gasteiger partial charge < -0.3 is 19.9 Å². The molecule has 0 amide bonds. The first-order valence-corrected chi connectivity index (χ1v) is 8.56. The number of aryl methyl sites for hydroxylation is 1. The van der Waals surface area contributed by atoms with Crippen LogP contribution < -0.4 is 10.6 Å². The molecule has 3 heterocycles. The Balaban J connectivity index is 1.89. The Bertz CT molecular complexity index is 888. The predicted octanol–water partition coefficient (Wildman–Crippen LogP) is 2.23. The van der Waals surface area contributed by atoms with Crippen molar-refractivity contribution in [3.05, 3.63) is 30.6 Å². The fourth-order valence-electron chi connectivity index (χ4n) is 3.27. The maximum Gasteiger partial charge on any atom is 0.183 e. The lowest BCUT2D eigenvalue weighted by molar-refractivity contribution is 0.0927. The molecule has 3 aromatic rings. The van der Waals surface area contributed by atoms with Crippen molar-refractivity contribution in [3.8, 4) is 11.4 Å². The van der Waals surface area contributed by atoms with Crippen LogP contribution in [-0.4, -0.2) is 45.3 Å². The van der Waals surface area contributed by atoms with E-state index in [2.05, 4.69) is 21.8 Å². The summed E-state index contributed by atoms with van der Waals surface area (Å²) in [5.74, 6) is 1.59. The van der Waals surface area contributed by atoms with Crippen molar-refractivity contribution in [1.82, 2.24) is 19.5 Å². The third-order valence-corrected chi connectivity index (χ3v) is 4.69. The number of anilines is 2. The van der Waals surface area contributed by atoms with Gasteiger partial charge in [-0.2, -0.15) is 0 Å². The molecular formula is C18H22N6O. The van der Waals surface area contributed by atoms with Gasteiger partial charge in [0.2, 0.25) is 0 Å². The summed E-state index contributed by atoms with van der Waals surface area (Å²) >= 11 is 0. The van der Waals surface area contributed by atoms with Gasteiger partial charge in [-0.05, 0) is 30.7 Å². The number of ether oxygens (including phenoxy) is 1. The molecule has 1 aliphatic heterocycles. The first kappa shape index (κ1) is 15.8. The summed E-state index contributed by atoms with van der Waals surface area (Å²) in [6, 6.07) is 7.93. The van der Waals surface area contributed by atoms with Gasteiger partial charge in [0.05, 0.1) is 25.6 Å². The first-order valence-electron chi connectivity index (χ1n) is 8.56. The number of fused-ring (bicyclic) bond motifs is 1. The van der Waals surface area contributed by atoms with Crippen molar-refractivity contribution >= 4 is 22.7 Å². The van der Waals surface area contributed by atoms with Crippen LogP contribution in [0.2, 0.25) is 0 Å². The van der Waals surface area contributed by atoms with Crippen LogP contribution >= 0.6 is 0 Å². The van der Waals surface area contributed by atoms with Crippen molar-refractivity contribution in [2.45, 2.75) is 19.4 Å². The van der Waals surface area contributed by atoms with E-state index in [0.717, 1.165) is 42.2 Å². The number of nitrogens with two attached hydrogens (primary N) is 1. The highest BCUT2D eigenvalue weighted by molar-refractivity contribution is 5.86. The second kappa shape index (κ2) is 6.33. The lowest BCUT2D eigenvalue weighted by atomic mass is 10.1. The molecule has 2 aromatic heterocycles. The van der Waals surface area contributed by atoms with E-state index in [4.69, 9.17) is 15.5 Å². The van der Waals surface area contributed by atoms with Crippen molar-refractivity contribution in [2.75, 3.05) is 30.4 Å². The Morgan fingerprint density at radius 2 is 2.04 bits per heavy atom. The van der Waals surface area contributed by atoms with Crippen LogP contribution in [0.5, 0.6) is 0 Å². The third kappa shape index (κ3) is 2.80. The van der Waals surface area contributed by atoms with E-state index < -0.39 is 0 Å². The maximum absolute atomic E-state index is 5.80. The van der Waals surface area contributed by atoms with E-state index in [1.807, 2.05) is 35.9 Å². The van der Waals surface area contributed by atoms with Gasteiger partial charge in [-0.3, -0.25) is 0 Å². The van der Waals surface area contributed by atoms with Gasteiger partial charge in [0.25, 0.3) is 0 Å². The van der Waals surface area contributed by atoms with Gasteiger partial charge in [-0.1, -0.05) is 6.92 Å². The molecule has 0 bridgehead atoms. The lowest BCUT2D eigenvalue weighted by Crippen LogP contribution is -2.45. The summed E-state index contributed by atoms with van der Waals surface area (Å²) < 4.78 is 7.64. The Morgan fingerprint density at radius 3 is 2.80 bits per heavy atom. The SMILES string of the molecule is CC[C@H]1COCCN1c1nc(-c2ccc(N)cc2)nc2ncn(C)c12. The summed E-state index contributed by atoms with van der Waals surface area (Å²) in [5, 5.41) is 0. The molecule has 2 N–H and O–H groups in total.